The molecule has 7 heteroatoms. The summed E-state index contributed by atoms with van der Waals surface area (Å²) in [5, 5.41) is 7.23. The van der Waals surface area contributed by atoms with Gasteiger partial charge in [-0.2, -0.15) is 0 Å². The second kappa shape index (κ2) is 8.03. The minimum absolute atomic E-state index is 0.246. The standard InChI is InChI=1S/C21H28ClN3O3/c1-20(2,3)28-19(27)25-21(10-5-4-6-11-21)13-24-18(26)15-7-8-16-14(17(15)22)9-12-23-16/h7-9,12,23H,4-6,10-11,13H2,1-3H3,(H,24,26)(H,25,27). The van der Waals surface area contributed by atoms with E-state index in [0.717, 1.165) is 43.0 Å². The number of carbonyl (C=O) groups is 2. The summed E-state index contributed by atoms with van der Waals surface area (Å²) in [6.07, 6.45) is 6.08. The van der Waals surface area contributed by atoms with E-state index in [4.69, 9.17) is 16.3 Å². The molecular formula is C21H28ClN3O3. The third kappa shape index (κ3) is 4.79. The van der Waals surface area contributed by atoms with Crippen LogP contribution < -0.4 is 10.6 Å². The predicted octanol–water partition coefficient (Wildman–Crippen LogP) is 4.78. The van der Waals surface area contributed by atoms with Crippen molar-refractivity contribution >= 4 is 34.5 Å². The number of aromatic amines is 1. The van der Waals surface area contributed by atoms with Crippen molar-refractivity contribution in [2.75, 3.05) is 6.54 Å². The zero-order chi connectivity index (χ0) is 20.4. The molecule has 6 nitrogen and oxygen atoms in total. The van der Waals surface area contributed by atoms with Crippen LogP contribution in [0.4, 0.5) is 4.79 Å². The van der Waals surface area contributed by atoms with Gasteiger partial charge in [0.1, 0.15) is 5.60 Å². The van der Waals surface area contributed by atoms with E-state index in [-0.39, 0.29) is 5.91 Å². The van der Waals surface area contributed by atoms with Crippen molar-refractivity contribution in [3.63, 3.8) is 0 Å². The van der Waals surface area contributed by atoms with Gasteiger partial charge in [0.15, 0.2) is 0 Å². The summed E-state index contributed by atoms with van der Waals surface area (Å²) in [7, 11) is 0. The minimum Gasteiger partial charge on any atom is -0.444 e. The van der Waals surface area contributed by atoms with E-state index in [9.17, 15) is 9.59 Å². The van der Waals surface area contributed by atoms with Crippen LogP contribution in [0.3, 0.4) is 0 Å². The Bertz CT molecular complexity index is 863. The van der Waals surface area contributed by atoms with Crippen LogP contribution in [0.2, 0.25) is 5.02 Å². The van der Waals surface area contributed by atoms with Crippen LogP contribution in [0.5, 0.6) is 0 Å². The van der Waals surface area contributed by atoms with Crippen LogP contribution in [0, 0.1) is 0 Å². The van der Waals surface area contributed by atoms with Crippen molar-refractivity contribution in [1.82, 2.24) is 15.6 Å². The van der Waals surface area contributed by atoms with E-state index in [2.05, 4.69) is 15.6 Å². The molecule has 152 valence electrons. The number of carbonyl (C=O) groups excluding carboxylic acids is 2. The van der Waals surface area contributed by atoms with Crippen molar-refractivity contribution in [3.05, 3.63) is 35.0 Å². The highest BCUT2D eigenvalue weighted by molar-refractivity contribution is 6.38. The van der Waals surface area contributed by atoms with Crippen LogP contribution in [0.25, 0.3) is 10.9 Å². The molecular weight excluding hydrogens is 378 g/mol. The first-order valence-corrected chi connectivity index (χ1v) is 10.1. The molecule has 0 saturated heterocycles. The summed E-state index contributed by atoms with van der Waals surface area (Å²) in [6, 6.07) is 5.40. The molecule has 0 bridgehead atoms. The summed E-state index contributed by atoms with van der Waals surface area (Å²) in [5.74, 6) is -0.246. The highest BCUT2D eigenvalue weighted by Crippen LogP contribution is 2.29. The Morgan fingerprint density at radius 3 is 2.57 bits per heavy atom. The number of amides is 2. The lowest BCUT2D eigenvalue weighted by Gasteiger charge is -2.38. The van der Waals surface area contributed by atoms with Gasteiger partial charge in [0.25, 0.3) is 5.91 Å². The summed E-state index contributed by atoms with van der Waals surface area (Å²) in [4.78, 5) is 28.2. The maximum atomic E-state index is 12.8. The van der Waals surface area contributed by atoms with Crippen molar-refractivity contribution < 1.29 is 14.3 Å². The molecule has 1 aliphatic carbocycles. The number of alkyl carbamates (subject to hydrolysis) is 1. The van der Waals surface area contributed by atoms with Gasteiger partial charge in [-0.25, -0.2) is 4.79 Å². The lowest BCUT2D eigenvalue weighted by atomic mass is 9.81. The molecule has 2 amide bonds. The fourth-order valence-electron chi connectivity index (χ4n) is 3.71. The molecule has 1 fully saturated rings. The fraction of sp³-hybridized carbons (Fsp3) is 0.524. The number of fused-ring (bicyclic) bond motifs is 1. The number of hydrogen-bond donors (Lipinski definition) is 3. The summed E-state index contributed by atoms with van der Waals surface area (Å²) in [5.41, 5.74) is 0.248. The van der Waals surface area contributed by atoms with Gasteiger partial charge in [-0.05, 0) is 51.8 Å². The van der Waals surface area contributed by atoms with E-state index >= 15 is 0 Å². The molecule has 0 atom stereocenters. The van der Waals surface area contributed by atoms with Crippen LogP contribution in [-0.4, -0.2) is 34.7 Å². The van der Waals surface area contributed by atoms with E-state index in [1.807, 2.05) is 32.9 Å². The van der Waals surface area contributed by atoms with E-state index in [1.165, 1.54) is 0 Å². The third-order valence-electron chi connectivity index (χ3n) is 5.08. The van der Waals surface area contributed by atoms with E-state index < -0.39 is 17.2 Å². The molecule has 1 saturated carbocycles. The summed E-state index contributed by atoms with van der Waals surface area (Å²) < 4.78 is 5.43. The third-order valence-corrected chi connectivity index (χ3v) is 5.48. The Morgan fingerprint density at radius 1 is 1.18 bits per heavy atom. The number of ether oxygens (including phenoxy) is 1. The Kier molecular flexibility index (Phi) is 5.89. The van der Waals surface area contributed by atoms with Gasteiger partial charge in [0, 0.05) is 23.6 Å². The fourth-order valence-corrected chi connectivity index (χ4v) is 4.02. The average molecular weight is 406 g/mol. The second-order valence-electron chi connectivity index (χ2n) is 8.52. The molecule has 3 rings (SSSR count). The SMILES string of the molecule is CC(C)(C)OC(=O)NC1(CNC(=O)c2ccc3[nH]ccc3c2Cl)CCCCC1. The molecule has 1 aromatic heterocycles. The first kappa shape index (κ1) is 20.5. The number of hydrogen-bond acceptors (Lipinski definition) is 3. The topological polar surface area (TPSA) is 83.2 Å². The smallest absolute Gasteiger partial charge is 0.408 e. The number of aromatic nitrogens is 1. The molecule has 28 heavy (non-hydrogen) atoms. The van der Waals surface area contributed by atoms with Crippen LogP contribution in [0.15, 0.2) is 24.4 Å². The lowest BCUT2D eigenvalue weighted by molar-refractivity contribution is 0.0419. The number of halogens is 1. The van der Waals surface area contributed by atoms with Gasteiger partial charge >= 0.3 is 6.09 Å². The quantitative estimate of drug-likeness (QED) is 0.684. The zero-order valence-electron chi connectivity index (χ0n) is 16.7. The first-order valence-electron chi connectivity index (χ1n) is 9.74. The Labute approximate surface area is 170 Å². The Morgan fingerprint density at radius 2 is 1.89 bits per heavy atom. The number of nitrogens with one attached hydrogen (secondary N) is 3. The van der Waals surface area contributed by atoms with Crippen LogP contribution in [0.1, 0.15) is 63.2 Å². The van der Waals surface area contributed by atoms with Crippen molar-refractivity contribution in [3.8, 4) is 0 Å². The second-order valence-corrected chi connectivity index (χ2v) is 8.89. The molecule has 0 radical (unpaired) electrons. The van der Waals surface area contributed by atoms with Gasteiger partial charge < -0.3 is 20.4 Å². The van der Waals surface area contributed by atoms with Crippen molar-refractivity contribution in [1.29, 1.82) is 0 Å². The largest absolute Gasteiger partial charge is 0.444 e. The van der Waals surface area contributed by atoms with Crippen molar-refractivity contribution in [2.24, 2.45) is 0 Å². The van der Waals surface area contributed by atoms with Crippen LogP contribution in [-0.2, 0) is 4.74 Å². The summed E-state index contributed by atoms with van der Waals surface area (Å²) >= 11 is 6.42. The molecule has 3 N–H and O–H groups in total. The maximum absolute atomic E-state index is 12.8. The monoisotopic (exact) mass is 405 g/mol. The van der Waals surface area contributed by atoms with Gasteiger partial charge in [0.05, 0.1) is 16.1 Å². The van der Waals surface area contributed by atoms with Crippen molar-refractivity contribution in [2.45, 2.75) is 64.0 Å². The molecule has 0 spiro atoms. The maximum Gasteiger partial charge on any atom is 0.408 e. The average Bonchev–Trinajstić information content (AvgIpc) is 3.09. The van der Waals surface area contributed by atoms with Gasteiger partial charge in [-0.3, -0.25) is 4.79 Å². The molecule has 1 aliphatic rings. The molecule has 0 unspecified atom stereocenters. The normalized spacial score (nSPS) is 16.6. The van der Waals surface area contributed by atoms with Gasteiger partial charge in [0.2, 0.25) is 0 Å². The predicted molar refractivity (Wildman–Crippen MR) is 111 cm³/mol. The summed E-state index contributed by atoms with van der Waals surface area (Å²) in [6.45, 7) is 5.84. The first-order chi connectivity index (χ1) is 13.2. The van der Waals surface area contributed by atoms with E-state index in [1.54, 1.807) is 12.3 Å². The highest BCUT2D eigenvalue weighted by Gasteiger charge is 2.35. The number of rotatable bonds is 4. The lowest BCUT2D eigenvalue weighted by Crippen LogP contribution is -2.57. The molecule has 0 aliphatic heterocycles. The molecule has 1 aromatic carbocycles. The van der Waals surface area contributed by atoms with Crippen LogP contribution >= 0.6 is 11.6 Å². The van der Waals surface area contributed by atoms with Gasteiger partial charge in [-0.15, -0.1) is 0 Å². The highest BCUT2D eigenvalue weighted by atomic mass is 35.5. The minimum atomic E-state index is -0.567. The van der Waals surface area contributed by atoms with E-state index in [0.29, 0.717) is 17.1 Å². The number of benzene rings is 1. The number of H-pyrrole nitrogens is 1. The Balaban J connectivity index is 1.71. The zero-order valence-corrected chi connectivity index (χ0v) is 17.4. The molecule has 1 heterocycles. The molecule has 2 aromatic rings. The van der Waals surface area contributed by atoms with Gasteiger partial charge in [-0.1, -0.05) is 30.9 Å². The Hall–Kier alpha value is -2.21.